The zero-order chi connectivity index (χ0) is 11.7. The van der Waals surface area contributed by atoms with Crippen molar-refractivity contribution < 1.29 is 9.59 Å². The fraction of sp³-hybridized carbons (Fsp3) is 0.400. The molecule has 1 aliphatic heterocycles. The van der Waals surface area contributed by atoms with Crippen molar-refractivity contribution in [3.63, 3.8) is 0 Å². The van der Waals surface area contributed by atoms with Gasteiger partial charge in [0, 0.05) is 18.5 Å². The van der Waals surface area contributed by atoms with Crippen LogP contribution in [0, 0.1) is 0 Å². The maximum atomic E-state index is 11.9. The number of nitrogens with zero attached hydrogens (tertiary/aromatic N) is 1. The highest BCUT2D eigenvalue weighted by Gasteiger charge is 2.24. The topological polar surface area (TPSA) is 37.4 Å². The maximum absolute atomic E-state index is 11.9. The first-order valence-corrected chi connectivity index (χ1v) is 7.24. The van der Waals surface area contributed by atoms with Crippen LogP contribution in [0.25, 0.3) is 0 Å². The molecule has 1 aromatic rings. The third kappa shape index (κ3) is 2.55. The first-order chi connectivity index (χ1) is 7.58. The molecular formula is C10H9Br2NO2S. The summed E-state index contributed by atoms with van der Waals surface area (Å²) in [5, 5.41) is 0. The molecule has 0 N–H and O–H groups in total. The van der Waals surface area contributed by atoms with Gasteiger partial charge in [-0.25, -0.2) is 0 Å². The summed E-state index contributed by atoms with van der Waals surface area (Å²) < 4.78 is 1.73. The number of hydrogen-bond acceptors (Lipinski definition) is 3. The molecule has 86 valence electrons. The van der Waals surface area contributed by atoms with Crippen molar-refractivity contribution in [1.82, 2.24) is 4.90 Å². The number of halogens is 2. The third-order valence-electron chi connectivity index (χ3n) is 2.46. The van der Waals surface area contributed by atoms with E-state index < -0.39 is 0 Å². The lowest BCUT2D eigenvalue weighted by atomic mass is 10.2. The number of amides is 1. The van der Waals surface area contributed by atoms with Gasteiger partial charge >= 0.3 is 0 Å². The van der Waals surface area contributed by atoms with Crippen LogP contribution < -0.4 is 0 Å². The molecule has 0 atom stereocenters. The van der Waals surface area contributed by atoms with Crippen molar-refractivity contribution in [3.8, 4) is 0 Å². The molecule has 0 radical (unpaired) electrons. The van der Waals surface area contributed by atoms with E-state index in [-0.39, 0.29) is 18.2 Å². The highest BCUT2D eigenvalue weighted by molar-refractivity contribution is 9.12. The minimum atomic E-state index is -0.0101. The van der Waals surface area contributed by atoms with Crippen molar-refractivity contribution in [2.75, 3.05) is 13.1 Å². The Hall–Kier alpha value is -0.200. The van der Waals surface area contributed by atoms with E-state index in [2.05, 4.69) is 31.9 Å². The van der Waals surface area contributed by atoms with Crippen LogP contribution in [0.4, 0.5) is 0 Å². The number of rotatable bonds is 3. The SMILES string of the molecule is O=C(CN1CCCC1=O)c1cc(Br)sc1Br. The lowest BCUT2D eigenvalue weighted by Crippen LogP contribution is -2.30. The zero-order valence-corrected chi connectivity index (χ0v) is 12.3. The Bertz CT molecular complexity index is 444. The summed E-state index contributed by atoms with van der Waals surface area (Å²) in [6.45, 7) is 0.897. The molecule has 0 aromatic carbocycles. The van der Waals surface area contributed by atoms with Crippen LogP contribution in [-0.2, 0) is 4.79 Å². The summed E-state index contributed by atoms with van der Waals surface area (Å²) in [5.74, 6) is 0.0721. The predicted octanol–water partition coefficient (Wildman–Crippen LogP) is 3.08. The Morgan fingerprint density at radius 1 is 1.50 bits per heavy atom. The second-order valence-electron chi connectivity index (χ2n) is 3.58. The molecule has 1 fully saturated rings. The van der Waals surface area contributed by atoms with Crippen molar-refractivity contribution >= 4 is 54.9 Å². The summed E-state index contributed by atoms with van der Waals surface area (Å²) in [5.41, 5.74) is 0.650. The van der Waals surface area contributed by atoms with Crippen LogP contribution in [0.5, 0.6) is 0 Å². The molecule has 6 heteroatoms. The fourth-order valence-electron chi connectivity index (χ4n) is 1.66. The van der Waals surface area contributed by atoms with Gasteiger partial charge < -0.3 is 4.90 Å². The van der Waals surface area contributed by atoms with E-state index in [9.17, 15) is 9.59 Å². The lowest BCUT2D eigenvalue weighted by molar-refractivity contribution is -0.127. The number of thiophene rings is 1. The Morgan fingerprint density at radius 3 is 2.75 bits per heavy atom. The molecule has 0 bridgehead atoms. The molecule has 3 nitrogen and oxygen atoms in total. The quantitative estimate of drug-likeness (QED) is 0.771. The standard InChI is InChI=1S/C10H9Br2NO2S/c11-8-4-6(10(12)16-8)7(14)5-13-3-1-2-9(13)15/h4H,1-3,5H2. The van der Waals surface area contributed by atoms with Crippen LogP contribution in [0.1, 0.15) is 23.2 Å². The molecule has 0 saturated carbocycles. The Balaban J connectivity index is 2.08. The largest absolute Gasteiger partial charge is 0.335 e. The van der Waals surface area contributed by atoms with E-state index in [1.807, 2.05) is 0 Å². The minimum absolute atomic E-state index is 0.0101. The van der Waals surface area contributed by atoms with E-state index in [0.717, 1.165) is 14.0 Å². The molecule has 16 heavy (non-hydrogen) atoms. The number of carbonyl (C=O) groups excluding carboxylic acids is 2. The molecule has 2 heterocycles. The second kappa shape index (κ2) is 4.98. The first kappa shape index (κ1) is 12.3. The van der Waals surface area contributed by atoms with Crippen molar-refractivity contribution in [1.29, 1.82) is 0 Å². The van der Waals surface area contributed by atoms with Crippen molar-refractivity contribution in [2.45, 2.75) is 12.8 Å². The molecule has 0 aliphatic carbocycles. The Labute approximate surface area is 114 Å². The smallest absolute Gasteiger partial charge is 0.223 e. The van der Waals surface area contributed by atoms with Gasteiger partial charge in [0.2, 0.25) is 5.91 Å². The average molecular weight is 367 g/mol. The van der Waals surface area contributed by atoms with Crippen LogP contribution in [-0.4, -0.2) is 29.7 Å². The zero-order valence-electron chi connectivity index (χ0n) is 8.33. The van der Waals surface area contributed by atoms with Gasteiger partial charge in [0.25, 0.3) is 0 Å². The lowest BCUT2D eigenvalue weighted by Gasteiger charge is -2.13. The van der Waals surface area contributed by atoms with Gasteiger partial charge in [-0.15, -0.1) is 11.3 Å². The van der Waals surface area contributed by atoms with E-state index in [0.29, 0.717) is 18.5 Å². The normalized spacial score (nSPS) is 15.9. The highest BCUT2D eigenvalue weighted by Crippen LogP contribution is 2.32. The fourth-order valence-corrected chi connectivity index (χ4v) is 4.52. The van der Waals surface area contributed by atoms with Gasteiger partial charge in [0.05, 0.1) is 14.1 Å². The van der Waals surface area contributed by atoms with Gasteiger partial charge in [-0.3, -0.25) is 9.59 Å². The number of Topliss-reactive ketones (excluding diaryl/α,β-unsaturated/α-hetero) is 1. The molecule has 0 spiro atoms. The average Bonchev–Trinajstić information content (AvgIpc) is 2.74. The number of likely N-dealkylation sites (tertiary alicyclic amines) is 1. The molecule has 0 unspecified atom stereocenters. The summed E-state index contributed by atoms with van der Waals surface area (Å²) in [7, 11) is 0. The van der Waals surface area contributed by atoms with Crippen LogP contribution in [0.3, 0.4) is 0 Å². The van der Waals surface area contributed by atoms with E-state index >= 15 is 0 Å². The number of carbonyl (C=O) groups is 2. The maximum Gasteiger partial charge on any atom is 0.223 e. The van der Waals surface area contributed by atoms with Gasteiger partial charge in [-0.1, -0.05) is 0 Å². The van der Waals surface area contributed by atoms with E-state index in [1.165, 1.54) is 11.3 Å². The highest BCUT2D eigenvalue weighted by atomic mass is 79.9. The van der Waals surface area contributed by atoms with Crippen LogP contribution in [0.15, 0.2) is 13.6 Å². The summed E-state index contributed by atoms with van der Waals surface area (Å²) in [4.78, 5) is 25.0. The molecule has 1 aliphatic rings. The summed E-state index contributed by atoms with van der Waals surface area (Å²) in [6, 6.07) is 1.79. The Morgan fingerprint density at radius 2 is 2.25 bits per heavy atom. The molecule has 1 amide bonds. The summed E-state index contributed by atoms with van der Waals surface area (Å²) >= 11 is 8.14. The van der Waals surface area contributed by atoms with Gasteiger partial charge in [-0.2, -0.15) is 0 Å². The molecule has 1 aromatic heterocycles. The van der Waals surface area contributed by atoms with Gasteiger partial charge in [-0.05, 0) is 44.3 Å². The number of ketones is 1. The van der Waals surface area contributed by atoms with Crippen molar-refractivity contribution in [2.24, 2.45) is 0 Å². The first-order valence-electron chi connectivity index (χ1n) is 4.83. The van der Waals surface area contributed by atoms with Crippen LogP contribution >= 0.6 is 43.2 Å². The van der Waals surface area contributed by atoms with Crippen LogP contribution in [0.2, 0.25) is 0 Å². The van der Waals surface area contributed by atoms with E-state index in [1.54, 1.807) is 11.0 Å². The third-order valence-corrected chi connectivity index (χ3v) is 4.80. The van der Waals surface area contributed by atoms with Gasteiger partial charge in [0.15, 0.2) is 5.78 Å². The predicted molar refractivity (Wildman–Crippen MR) is 69.9 cm³/mol. The monoisotopic (exact) mass is 365 g/mol. The van der Waals surface area contributed by atoms with E-state index in [4.69, 9.17) is 0 Å². The second-order valence-corrected chi connectivity index (χ2v) is 7.33. The molecular weight excluding hydrogens is 358 g/mol. The van der Waals surface area contributed by atoms with Crippen molar-refractivity contribution in [3.05, 3.63) is 19.2 Å². The minimum Gasteiger partial charge on any atom is -0.335 e. The molecule has 1 saturated heterocycles. The van der Waals surface area contributed by atoms with Gasteiger partial charge in [0.1, 0.15) is 0 Å². The molecule has 2 rings (SSSR count). The number of hydrogen-bond donors (Lipinski definition) is 0. The Kier molecular flexibility index (Phi) is 3.81. The summed E-state index contributed by atoms with van der Waals surface area (Å²) in [6.07, 6.45) is 1.43.